The van der Waals surface area contributed by atoms with Gasteiger partial charge in [-0.15, -0.1) is 0 Å². The molecule has 0 spiro atoms. The van der Waals surface area contributed by atoms with Crippen LogP contribution in [0.2, 0.25) is 0 Å². The lowest BCUT2D eigenvalue weighted by Crippen LogP contribution is -2.46. The fourth-order valence-corrected chi connectivity index (χ4v) is 3.12. The predicted octanol–water partition coefficient (Wildman–Crippen LogP) is 3.86. The SMILES string of the molecule is CCOc1ccccc1[C@@H]1C[C@H](NC(C)=O)C[C@H](C(C)(C)C)O1. The topological polar surface area (TPSA) is 47.6 Å². The molecule has 4 nitrogen and oxygen atoms in total. The molecule has 0 radical (unpaired) electrons. The molecule has 1 fully saturated rings. The lowest BCUT2D eigenvalue weighted by molar-refractivity contribution is -0.127. The van der Waals surface area contributed by atoms with Crippen LogP contribution in [0.1, 0.15) is 59.1 Å². The van der Waals surface area contributed by atoms with Gasteiger partial charge in [-0.2, -0.15) is 0 Å². The van der Waals surface area contributed by atoms with Crippen LogP contribution in [0, 0.1) is 5.41 Å². The molecule has 0 aliphatic carbocycles. The molecule has 1 aromatic carbocycles. The molecule has 128 valence electrons. The third kappa shape index (κ3) is 4.71. The molecule has 1 N–H and O–H groups in total. The van der Waals surface area contributed by atoms with Crippen LogP contribution in [-0.2, 0) is 9.53 Å². The summed E-state index contributed by atoms with van der Waals surface area (Å²) in [6, 6.07) is 8.16. The zero-order valence-corrected chi connectivity index (χ0v) is 14.9. The largest absolute Gasteiger partial charge is 0.493 e. The summed E-state index contributed by atoms with van der Waals surface area (Å²) < 4.78 is 12.2. The van der Waals surface area contributed by atoms with Gasteiger partial charge in [0.05, 0.1) is 18.8 Å². The van der Waals surface area contributed by atoms with E-state index in [2.05, 4.69) is 32.2 Å². The molecule has 0 aromatic heterocycles. The van der Waals surface area contributed by atoms with Gasteiger partial charge in [-0.3, -0.25) is 4.79 Å². The Hall–Kier alpha value is -1.55. The summed E-state index contributed by atoms with van der Waals surface area (Å²) in [5, 5.41) is 3.08. The lowest BCUT2D eigenvalue weighted by Gasteiger charge is -2.42. The van der Waals surface area contributed by atoms with E-state index in [4.69, 9.17) is 9.47 Å². The van der Waals surface area contributed by atoms with E-state index in [0.29, 0.717) is 6.61 Å². The highest BCUT2D eigenvalue weighted by Crippen LogP contribution is 2.41. The molecular formula is C19H29NO3. The molecule has 23 heavy (non-hydrogen) atoms. The molecule has 1 heterocycles. The maximum atomic E-state index is 11.5. The molecule has 0 unspecified atom stereocenters. The number of benzene rings is 1. The average molecular weight is 319 g/mol. The number of amides is 1. The minimum atomic E-state index is -0.0624. The van der Waals surface area contributed by atoms with E-state index in [-0.39, 0.29) is 29.6 Å². The zero-order chi connectivity index (χ0) is 17.0. The molecule has 0 saturated carbocycles. The first-order chi connectivity index (χ1) is 10.8. The quantitative estimate of drug-likeness (QED) is 0.917. The van der Waals surface area contributed by atoms with Crippen molar-refractivity contribution in [2.24, 2.45) is 5.41 Å². The molecular weight excluding hydrogens is 290 g/mol. The number of para-hydroxylation sites is 1. The van der Waals surface area contributed by atoms with Crippen molar-refractivity contribution >= 4 is 5.91 Å². The second-order valence-electron chi connectivity index (χ2n) is 7.32. The Balaban J connectivity index is 2.27. The van der Waals surface area contributed by atoms with E-state index >= 15 is 0 Å². The number of carbonyl (C=O) groups is 1. The number of nitrogens with one attached hydrogen (secondary N) is 1. The standard InChI is InChI=1S/C19H29NO3/c1-6-22-16-10-8-7-9-15(16)17-11-14(20-13(2)21)12-18(23-17)19(3,4)5/h7-10,14,17-18H,6,11-12H2,1-5H3,(H,20,21)/t14-,17-,18+/m0/s1. The van der Waals surface area contributed by atoms with Crippen molar-refractivity contribution in [3.05, 3.63) is 29.8 Å². The fraction of sp³-hybridized carbons (Fsp3) is 0.632. The van der Waals surface area contributed by atoms with Crippen molar-refractivity contribution in [1.29, 1.82) is 0 Å². The number of ether oxygens (including phenoxy) is 2. The van der Waals surface area contributed by atoms with Crippen LogP contribution in [-0.4, -0.2) is 24.7 Å². The Morgan fingerprint density at radius 2 is 2.00 bits per heavy atom. The van der Waals surface area contributed by atoms with E-state index in [1.54, 1.807) is 6.92 Å². The normalized spacial score (nSPS) is 25.0. The smallest absolute Gasteiger partial charge is 0.217 e. The minimum absolute atomic E-state index is 0.0152. The van der Waals surface area contributed by atoms with E-state index < -0.39 is 0 Å². The Bertz CT molecular complexity index is 536. The van der Waals surface area contributed by atoms with Crippen molar-refractivity contribution in [2.75, 3.05) is 6.61 Å². The van der Waals surface area contributed by atoms with Crippen LogP contribution in [0.3, 0.4) is 0 Å². The van der Waals surface area contributed by atoms with E-state index in [1.807, 2.05) is 25.1 Å². The molecule has 0 bridgehead atoms. The summed E-state index contributed by atoms with van der Waals surface area (Å²) in [6.07, 6.45) is 1.65. The van der Waals surface area contributed by atoms with Crippen LogP contribution in [0.4, 0.5) is 0 Å². The van der Waals surface area contributed by atoms with Gasteiger partial charge < -0.3 is 14.8 Å². The Morgan fingerprint density at radius 1 is 1.30 bits per heavy atom. The second-order valence-corrected chi connectivity index (χ2v) is 7.32. The van der Waals surface area contributed by atoms with Gasteiger partial charge in [-0.25, -0.2) is 0 Å². The predicted molar refractivity (Wildman–Crippen MR) is 91.5 cm³/mol. The maximum absolute atomic E-state index is 11.5. The summed E-state index contributed by atoms with van der Waals surface area (Å²) >= 11 is 0. The first-order valence-corrected chi connectivity index (χ1v) is 8.45. The molecule has 3 atom stereocenters. The number of hydrogen-bond donors (Lipinski definition) is 1. The first-order valence-electron chi connectivity index (χ1n) is 8.45. The number of rotatable bonds is 4. The Labute approximate surface area is 139 Å². The summed E-state index contributed by atoms with van der Waals surface area (Å²) in [5.74, 6) is 0.887. The minimum Gasteiger partial charge on any atom is -0.493 e. The third-order valence-electron chi connectivity index (χ3n) is 4.26. The highest BCUT2D eigenvalue weighted by molar-refractivity contribution is 5.73. The summed E-state index contributed by atoms with van der Waals surface area (Å²) in [5.41, 5.74) is 1.09. The fourth-order valence-electron chi connectivity index (χ4n) is 3.12. The van der Waals surface area contributed by atoms with E-state index in [9.17, 15) is 4.79 Å². The second kappa shape index (κ2) is 7.35. The summed E-state index contributed by atoms with van der Waals surface area (Å²) in [7, 11) is 0. The van der Waals surface area contributed by atoms with Gasteiger partial charge in [0.15, 0.2) is 0 Å². The molecule has 1 aliphatic heterocycles. The van der Waals surface area contributed by atoms with Gasteiger partial charge >= 0.3 is 0 Å². The maximum Gasteiger partial charge on any atom is 0.217 e. The first kappa shape index (κ1) is 17.8. The van der Waals surface area contributed by atoms with Crippen LogP contribution < -0.4 is 10.1 Å². The molecule has 1 amide bonds. The Morgan fingerprint density at radius 3 is 2.61 bits per heavy atom. The van der Waals surface area contributed by atoms with Crippen molar-refractivity contribution < 1.29 is 14.3 Å². The van der Waals surface area contributed by atoms with Crippen molar-refractivity contribution in [3.63, 3.8) is 0 Å². The van der Waals surface area contributed by atoms with Crippen LogP contribution in [0.5, 0.6) is 5.75 Å². The molecule has 2 rings (SSSR count). The average Bonchev–Trinajstić information content (AvgIpc) is 2.46. The van der Waals surface area contributed by atoms with Gasteiger partial charge in [0, 0.05) is 18.5 Å². The number of carbonyl (C=O) groups excluding carboxylic acids is 1. The van der Waals surface area contributed by atoms with Gasteiger partial charge in [-0.1, -0.05) is 39.0 Å². The van der Waals surface area contributed by atoms with E-state index in [0.717, 1.165) is 24.2 Å². The zero-order valence-electron chi connectivity index (χ0n) is 14.9. The van der Waals surface area contributed by atoms with Crippen molar-refractivity contribution in [2.45, 2.75) is 65.7 Å². The van der Waals surface area contributed by atoms with Crippen molar-refractivity contribution in [3.8, 4) is 5.75 Å². The molecule has 1 aromatic rings. The third-order valence-corrected chi connectivity index (χ3v) is 4.26. The lowest BCUT2D eigenvalue weighted by atomic mass is 9.81. The molecule has 1 saturated heterocycles. The summed E-state index contributed by atoms with van der Waals surface area (Å²) in [4.78, 5) is 11.5. The molecule has 1 aliphatic rings. The van der Waals surface area contributed by atoms with Crippen molar-refractivity contribution in [1.82, 2.24) is 5.32 Å². The van der Waals surface area contributed by atoms with E-state index in [1.165, 1.54) is 0 Å². The van der Waals surface area contributed by atoms with Gasteiger partial charge in [0.25, 0.3) is 0 Å². The number of hydrogen-bond acceptors (Lipinski definition) is 3. The highest BCUT2D eigenvalue weighted by Gasteiger charge is 2.37. The summed E-state index contributed by atoms with van der Waals surface area (Å²) in [6.45, 7) is 10.7. The molecule has 4 heteroatoms. The van der Waals surface area contributed by atoms with Crippen LogP contribution in [0.25, 0.3) is 0 Å². The van der Waals surface area contributed by atoms with Gasteiger partial charge in [0.2, 0.25) is 5.91 Å². The van der Waals surface area contributed by atoms with Gasteiger partial charge in [-0.05, 0) is 31.2 Å². The van der Waals surface area contributed by atoms with Crippen LogP contribution in [0.15, 0.2) is 24.3 Å². The van der Waals surface area contributed by atoms with Gasteiger partial charge in [0.1, 0.15) is 5.75 Å². The highest BCUT2D eigenvalue weighted by atomic mass is 16.5. The monoisotopic (exact) mass is 319 g/mol. The van der Waals surface area contributed by atoms with Crippen LogP contribution >= 0.6 is 0 Å². The Kier molecular flexibility index (Phi) is 5.69.